The minimum atomic E-state index is -1.30. The highest BCUT2D eigenvalue weighted by Gasteiger charge is 2.12. The lowest BCUT2D eigenvalue weighted by Gasteiger charge is -2.10. The number of rotatable bonds is 8. The zero-order valence-corrected chi connectivity index (χ0v) is 15.0. The molecule has 2 aromatic carbocycles. The van der Waals surface area contributed by atoms with Crippen molar-refractivity contribution in [2.45, 2.75) is 24.7 Å². The summed E-state index contributed by atoms with van der Waals surface area (Å²) in [4.78, 5) is 12.8. The molecule has 0 aliphatic carbocycles. The first-order valence-electron chi connectivity index (χ1n) is 7.71. The van der Waals surface area contributed by atoms with E-state index in [1.165, 1.54) is 0 Å². The molecule has 0 aliphatic heterocycles. The van der Waals surface area contributed by atoms with Crippen molar-refractivity contribution in [1.29, 1.82) is 0 Å². The number of benzene rings is 2. The van der Waals surface area contributed by atoms with Crippen LogP contribution in [0.1, 0.15) is 17.5 Å². The predicted molar refractivity (Wildman–Crippen MR) is 95.3 cm³/mol. The summed E-state index contributed by atoms with van der Waals surface area (Å²) in [5.74, 6) is 1.46. The van der Waals surface area contributed by atoms with Crippen LogP contribution in [0.3, 0.4) is 0 Å². The Labute approximate surface area is 145 Å². The standard InChI is InChI=1S/C19H22O4S/c1-14-4-9-18(10-5-14)24(21)13-16(20)7-6-15-12-17(22-2)8-11-19(15)23-3/h4-5,8-12H,6-7,13H2,1-3H3/t24-/m1/s1. The number of carbonyl (C=O) groups is 1. The van der Waals surface area contributed by atoms with Gasteiger partial charge >= 0.3 is 0 Å². The summed E-state index contributed by atoms with van der Waals surface area (Å²) < 4.78 is 22.8. The Morgan fingerprint density at radius 1 is 1.04 bits per heavy atom. The van der Waals surface area contributed by atoms with Gasteiger partial charge in [0.1, 0.15) is 17.3 Å². The lowest BCUT2D eigenvalue weighted by Crippen LogP contribution is -2.12. The average Bonchev–Trinajstić information content (AvgIpc) is 2.60. The molecule has 24 heavy (non-hydrogen) atoms. The van der Waals surface area contributed by atoms with Crippen LogP contribution in [0.2, 0.25) is 0 Å². The smallest absolute Gasteiger partial charge is 0.146 e. The van der Waals surface area contributed by atoms with Crippen LogP contribution in [0.4, 0.5) is 0 Å². The first-order chi connectivity index (χ1) is 11.5. The van der Waals surface area contributed by atoms with Gasteiger partial charge in [0.05, 0.1) is 30.8 Å². The molecule has 0 saturated carbocycles. The van der Waals surface area contributed by atoms with Crippen LogP contribution in [-0.2, 0) is 22.0 Å². The maximum atomic E-state index is 12.2. The third kappa shape index (κ3) is 4.93. The van der Waals surface area contributed by atoms with Crippen LogP contribution in [-0.4, -0.2) is 30.0 Å². The van der Waals surface area contributed by atoms with E-state index in [1.54, 1.807) is 14.2 Å². The van der Waals surface area contributed by atoms with Gasteiger partial charge in [-0.15, -0.1) is 0 Å². The first kappa shape index (κ1) is 18.2. The van der Waals surface area contributed by atoms with Gasteiger partial charge in [0.25, 0.3) is 0 Å². The van der Waals surface area contributed by atoms with Gasteiger partial charge in [-0.1, -0.05) is 17.7 Å². The van der Waals surface area contributed by atoms with Gasteiger partial charge in [-0.25, -0.2) is 0 Å². The van der Waals surface area contributed by atoms with Crippen LogP contribution >= 0.6 is 0 Å². The molecule has 0 heterocycles. The van der Waals surface area contributed by atoms with Crippen LogP contribution in [0.15, 0.2) is 47.4 Å². The van der Waals surface area contributed by atoms with Gasteiger partial charge in [0.15, 0.2) is 0 Å². The molecule has 1 atom stereocenters. The molecule has 2 aromatic rings. The van der Waals surface area contributed by atoms with E-state index in [0.717, 1.165) is 22.6 Å². The molecule has 0 bridgehead atoms. The fraction of sp³-hybridized carbons (Fsp3) is 0.316. The Morgan fingerprint density at radius 3 is 2.38 bits per heavy atom. The molecular formula is C19H22O4S. The second kappa shape index (κ2) is 8.64. The maximum Gasteiger partial charge on any atom is 0.146 e. The number of ether oxygens (including phenoxy) is 2. The van der Waals surface area contributed by atoms with Crippen LogP contribution in [0.5, 0.6) is 11.5 Å². The molecule has 2 rings (SSSR count). The third-order valence-corrected chi connectivity index (χ3v) is 5.12. The van der Waals surface area contributed by atoms with Crippen molar-refractivity contribution in [2.24, 2.45) is 0 Å². The summed E-state index contributed by atoms with van der Waals surface area (Å²) in [7, 11) is 1.90. The first-order valence-corrected chi connectivity index (χ1v) is 9.03. The SMILES string of the molecule is COc1ccc(OC)c(CCC(=O)C[S@@](=O)c2ccc(C)cc2)c1. The van der Waals surface area contributed by atoms with E-state index in [-0.39, 0.29) is 11.5 Å². The van der Waals surface area contributed by atoms with Crippen LogP contribution in [0, 0.1) is 6.92 Å². The highest BCUT2D eigenvalue weighted by atomic mass is 32.2. The topological polar surface area (TPSA) is 52.6 Å². The average molecular weight is 346 g/mol. The quantitative estimate of drug-likeness (QED) is 0.736. The van der Waals surface area contributed by atoms with E-state index in [1.807, 2.05) is 49.4 Å². The summed E-state index contributed by atoms with van der Waals surface area (Å²) in [5, 5.41) is 0. The number of carbonyl (C=O) groups excluding carboxylic acids is 1. The molecule has 0 amide bonds. The largest absolute Gasteiger partial charge is 0.497 e. The molecule has 0 N–H and O–H groups in total. The van der Waals surface area contributed by atoms with Crippen molar-refractivity contribution < 1.29 is 18.5 Å². The van der Waals surface area contributed by atoms with Gasteiger partial charge in [0.2, 0.25) is 0 Å². The van der Waals surface area contributed by atoms with E-state index in [9.17, 15) is 9.00 Å². The number of methoxy groups -OCH3 is 2. The Hall–Kier alpha value is -2.14. The van der Waals surface area contributed by atoms with Gasteiger partial charge < -0.3 is 9.47 Å². The molecule has 128 valence electrons. The Kier molecular flexibility index (Phi) is 6.55. The minimum Gasteiger partial charge on any atom is -0.497 e. The number of aryl methyl sites for hydroxylation is 2. The fourth-order valence-corrected chi connectivity index (χ4v) is 3.39. The molecule has 0 unspecified atom stereocenters. The van der Waals surface area contributed by atoms with Gasteiger partial charge in [-0.2, -0.15) is 0 Å². The second-order valence-corrected chi connectivity index (χ2v) is 6.97. The summed E-state index contributed by atoms with van der Waals surface area (Å²) in [6.45, 7) is 1.97. The Bertz CT molecular complexity index is 723. The van der Waals surface area contributed by atoms with Crippen molar-refractivity contribution in [3.8, 4) is 11.5 Å². The molecule has 0 spiro atoms. The molecule has 4 nitrogen and oxygen atoms in total. The molecule has 0 aromatic heterocycles. The van der Waals surface area contributed by atoms with Crippen molar-refractivity contribution >= 4 is 16.6 Å². The minimum absolute atomic E-state index is 0.0289. The van der Waals surface area contributed by atoms with E-state index in [2.05, 4.69) is 0 Å². The lowest BCUT2D eigenvalue weighted by atomic mass is 10.1. The van der Waals surface area contributed by atoms with Crippen molar-refractivity contribution in [2.75, 3.05) is 20.0 Å². The van der Waals surface area contributed by atoms with Gasteiger partial charge in [0, 0.05) is 11.3 Å². The van der Waals surface area contributed by atoms with E-state index >= 15 is 0 Å². The Balaban J connectivity index is 1.95. The predicted octanol–water partition coefficient (Wildman–Crippen LogP) is 3.32. The summed E-state index contributed by atoms with van der Waals surface area (Å²) >= 11 is 0. The number of Topliss-reactive ketones (excluding diaryl/α,β-unsaturated/α-hetero) is 1. The molecule has 0 fully saturated rings. The van der Waals surface area contributed by atoms with Crippen molar-refractivity contribution in [3.63, 3.8) is 0 Å². The molecule has 0 saturated heterocycles. The van der Waals surface area contributed by atoms with Gasteiger partial charge in [-0.05, 0) is 49.2 Å². The molecule has 0 aliphatic rings. The van der Waals surface area contributed by atoms with E-state index < -0.39 is 10.8 Å². The number of ketones is 1. The van der Waals surface area contributed by atoms with Crippen molar-refractivity contribution in [3.05, 3.63) is 53.6 Å². The van der Waals surface area contributed by atoms with Crippen LogP contribution in [0.25, 0.3) is 0 Å². The number of hydrogen-bond donors (Lipinski definition) is 0. The Morgan fingerprint density at radius 2 is 1.75 bits per heavy atom. The van der Waals surface area contributed by atoms with Crippen LogP contribution < -0.4 is 9.47 Å². The summed E-state index contributed by atoms with van der Waals surface area (Å²) in [5.41, 5.74) is 2.01. The monoisotopic (exact) mass is 346 g/mol. The molecular weight excluding hydrogens is 324 g/mol. The highest BCUT2D eigenvalue weighted by molar-refractivity contribution is 7.85. The zero-order chi connectivity index (χ0) is 17.5. The highest BCUT2D eigenvalue weighted by Crippen LogP contribution is 2.25. The third-order valence-electron chi connectivity index (χ3n) is 3.74. The van der Waals surface area contributed by atoms with Crippen molar-refractivity contribution in [1.82, 2.24) is 0 Å². The second-order valence-electron chi connectivity index (χ2n) is 5.52. The fourth-order valence-electron chi connectivity index (χ4n) is 2.34. The maximum absolute atomic E-state index is 12.2. The molecule has 0 radical (unpaired) electrons. The van der Waals surface area contributed by atoms with E-state index in [0.29, 0.717) is 17.7 Å². The van der Waals surface area contributed by atoms with E-state index in [4.69, 9.17) is 9.47 Å². The normalized spacial score (nSPS) is 11.8. The zero-order valence-electron chi connectivity index (χ0n) is 14.2. The molecule has 5 heteroatoms. The lowest BCUT2D eigenvalue weighted by molar-refractivity contribution is -0.116. The summed E-state index contributed by atoms with van der Waals surface area (Å²) in [6.07, 6.45) is 0.853. The number of hydrogen-bond acceptors (Lipinski definition) is 4. The summed E-state index contributed by atoms with van der Waals surface area (Å²) in [6, 6.07) is 12.9. The van der Waals surface area contributed by atoms with Gasteiger partial charge in [-0.3, -0.25) is 9.00 Å².